The standard InChI is InChI=1S/C41H45ClFN9O5/c42-32-20-30(4-1-26(32)22-44)57-29-5-2-28(3-6-29)45-39(54)34-7-9-37(48-47-34)51-13-11-25(12-14-51)23-49-15-17-50(18-16-49)36-21-31-27(19-33(36)43)24-52(41(31)56)35-8-10-38(53)46-40(35)55/h1,4,7,9,19-21,25,28-29,35H,2-3,5-6,8,10-18,23-24H2,(H,45,54)(H,46,53,55)/t28-,29-,35?. The van der Waals surface area contributed by atoms with Crippen LogP contribution in [0.5, 0.6) is 5.75 Å². The molecule has 2 aromatic carbocycles. The third-order valence-corrected chi connectivity index (χ3v) is 12.3. The Hall–Kier alpha value is -5.33. The highest BCUT2D eigenvalue weighted by Crippen LogP contribution is 2.34. The van der Waals surface area contributed by atoms with Crippen LogP contribution < -0.4 is 25.2 Å². The summed E-state index contributed by atoms with van der Waals surface area (Å²) in [5.74, 6) is 0.176. The minimum absolute atomic E-state index is 0.0146. The van der Waals surface area contributed by atoms with Crippen molar-refractivity contribution < 1.29 is 28.3 Å². The van der Waals surface area contributed by atoms with Crippen molar-refractivity contribution in [1.29, 1.82) is 5.26 Å². The van der Waals surface area contributed by atoms with Crippen molar-refractivity contribution in [2.24, 2.45) is 5.92 Å². The summed E-state index contributed by atoms with van der Waals surface area (Å²) in [5.41, 5.74) is 2.09. The zero-order chi connectivity index (χ0) is 39.6. The zero-order valence-corrected chi connectivity index (χ0v) is 32.3. The van der Waals surface area contributed by atoms with Crippen LogP contribution in [0, 0.1) is 23.1 Å². The SMILES string of the molecule is N#Cc1ccc(O[C@H]2CC[C@H](NC(=O)c3ccc(N4CCC(CN5CCN(c6cc7c(cc6F)CN(C6CCC(=O)NC6=O)C7=O)CC5)CC4)nn3)CC2)cc1Cl. The highest BCUT2D eigenvalue weighted by molar-refractivity contribution is 6.31. The number of fused-ring (bicyclic) bond motifs is 1. The number of aromatic nitrogens is 2. The maximum atomic E-state index is 15.4. The van der Waals surface area contributed by atoms with Crippen molar-refractivity contribution in [3.05, 3.63) is 75.7 Å². The number of piperazine rings is 1. The van der Waals surface area contributed by atoms with Crippen LogP contribution in [0.3, 0.4) is 0 Å². The number of carbonyl (C=O) groups excluding carboxylic acids is 4. The molecule has 14 nitrogen and oxygen atoms in total. The molecule has 16 heteroatoms. The topological polar surface area (TPSA) is 164 Å². The van der Waals surface area contributed by atoms with Gasteiger partial charge in [-0.05, 0) is 92.8 Å². The second-order valence-electron chi connectivity index (χ2n) is 15.7. The van der Waals surface area contributed by atoms with E-state index in [4.69, 9.17) is 21.6 Å². The Kier molecular flexibility index (Phi) is 11.3. The summed E-state index contributed by atoms with van der Waals surface area (Å²) in [6, 6.07) is 13.1. The Morgan fingerprint density at radius 3 is 2.39 bits per heavy atom. The Morgan fingerprint density at radius 2 is 1.70 bits per heavy atom. The maximum absolute atomic E-state index is 15.4. The molecule has 5 heterocycles. The number of hydrogen-bond donors (Lipinski definition) is 2. The van der Waals surface area contributed by atoms with Crippen molar-refractivity contribution in [2.45, 2.75) is 76.1 Å². The molecule has 4 amide bonds. The molecular formula is C41H45ClFN9O5. The molecule has 8 rings (SSSR count). The lowest BCUT2D eigenvalue weighted by Gasteiger charge is -2.40. The fraction of sp³-hybridized carbons (Fsp3) is 0.488. The summed E-state index contributed by atoms with van der Waals surface area (Å²) in [4.78, 5) is 58.4. The van der Waals surface area contributed by atoms with Gasteiger partial charge in [0.1, 0.15) is 23.7 Å². The van der Waals surface area contributed by atoms with Crippen molar-refractivity contribution in [2.75, 3.05) is 55.6 Å². The van der Waals surface area contributed by atoms with E-state index >= 15 is 4.39 Å². The van der Waals surface area contributed by atoms with Crippen molar-refractivity contribution in [3.63, 3.8) is 0 Å². The summed E-state index contributed by atoms with van der Waals surface area (Å²) >= 11 is 6.14. The Balaban J connectivity index is 0.755. The Labute approximate surface area is 335 Å². The number of halogens is 2. The first-order valence-corrected chi connectivity index (χ1v) is 20.2. The van der Waals surface area contributed by atoms with Gasteiger partial charge in [-0.3, -0.25) is 29.4 Å². The van der Waals surface area contributed by atoms with Crippen LogP contribution in [0.2, 0.25) is 5.02 Å². The van der Waals surface area contributed by atoms with Gasteiger partial charge in [0, 0.05) is 76.5 Å². The first kappa shape index (κ1) is 38.5. The number of imide groups is 1. The fourth-order valence-corrected chi connectivity index (χ4v) is 8.96. The molecule has 3 saturated heterocycles. The summed E-state index contributed by atoms with van der Waals surface area (Å²) in [7, 11) is 0. The summed E-state index contributed by atoms with van der Waals surface area (Å²) in [6.07, 6.45) is 5.58. The normalized spacial score (nSPS) is 23.2. The third-order valence-electron chi connectivity index (χ3n) is 12.0. The van der Waals surface area contributed by atoms with Crippen LogP contribution in [0.25, 0.3) is 0 Å². The summed E-state index contributed by atoms with van der Waals surface area (Å²) in [5, 5.41) is 23.5. The van der Waals surface area contributed by atoms with E-state index in [-0.39, 0.29) is 55.1 Å². The highest BCUT2D eigenvalue weighted by Gasteiger charge is 2.40. The molecule has 5 aliphatic rings. The molecule has 57 heavy (non-hydrogen) atoms. The largest absolute Gasteiger partial charge is 0.490 e. The van der Waals surface area contributed by atoms with E-state index in [0.717, 1.165) is 77.1 Å². The lowest BCUT2D eigenvalue weighted by molar-refractivity contribution is -0.136. The number of nitrogens with zero attached hydrogens (tertiary/aromatic N) is 7. The van der Waals surface area contributed by atoms with Gasteiger partial charge in [0.15, 0.2) is 11.5 Å². The first-order chi connectivity index (χ1) is 27.6. The molecule has 1 atom stereocenters. The van der Waals surface area contributed by atoms with Crippen LogP contribution in [-0.4, -0.2) is 108 Å². The molecule has 2 N–H and O–H groups in total. The van der Waals surface area contributed by atoms with Crippen molar-refractivity contribution >= 4 is 46.7 Å². The van der Waals surface area contributed by atoms with Gasteiger partial charge in [0.25, 0.3) is 11.8 Å². The number of hydrogen-bond acceptors (Lipinski definition) is 11. The molecule has 4 fully saturated rings. The van der Waals surface area contributed by atoms with E-state index in [1.807, 2.05) is 17.0 Å². The van der Waals surface area contributed by atoms with E-state index in [1.165, 1.54) is 11.0 Å². The number of anilines is 2. The van der Waals surface area contributed by atoms with Gasteiger partial charge in [-0.25, -0.2) is 4.39 Å². The number of benzene rings is 2. The molecule has 1 unspecified atom stereocenters. The van der Waals surface area contributed by atoms with E-state index in [1.54, 1.807) is 30.3 Å². The molecule has 4 aliphatic heterocycles. The molecule has 0 bridgehead atoms. The molecule has 1 aliphatic carbocycles. The van der Waals surface area contributed by atoms with E-state index in [2.05, 4.69) is 30.6 Å². The van der Waals surface area contributed by atoms with Crippen LogP contribution in [0.15, 0.2) is 42.5 Å². The van der Waals surface area contributed by atoms with E-state index in [9.17, 15) is 19.2 Å². The minimum Gasteiger partial charge on any atom is -0.490 e. The van der Waals surface area contributed by atoms with Gasteiger partial charge in [-0.15, -0.1) is 10.2 Å². The number of amides is 4. The highest BCUT2D eigenvalue weighted by atomic mass is 35.5. The number of piperidine rings is 2. The molecule has 0 radical (unpaired) electrons. The van der Waals surface area contributed by atoms with Gasteiger partial charge in [0.2, 0.25) is 11.8 Å². The van der Waals surface area contributed by atoms with Gasteiger partial charge in [-0.1, -0.05) is 11.6 Å². The van der Waals surface area contributed by atoms with Crippen LogP contribution in [0.4, 0.5) is 15.9 Å². The monoisotopic (exact) mass is 797 g/mol. The predicted octanol–water partition coefficient (Wildman–Crippen LogP) is 4.06. The van der Waals surface area contributed by atoms with Gasteiger partial charge < -0.3 is 24.8 Å². The van der Waals surface area contributed by atoms with Crippen LogP contribution in [-0.2, 0) is 16.1 Å². The average Bonchev–Trinajstić information content (AvgIpc) is 3.53. The number of nitriles is 1. The molecule has 1 aromatic heterocycles. The molecule has 1 saturated carbocycles. The van der Waals surface area contributed by atoms with Crippen LogP contribution in [0.1, 0.15) is 83.3 Å². The van der Waals surface area contributed by atoms with Crippen LogP contribution >= 0.6 is 11.6 Å². The number of ether oxygens (including phenoxy) is 1. The summed E-state index contributed by atoms with van der Waals surface area (Å²) in [6.45, 7) is 5.64. The first-order valence-electron chi connectivity index (χ1n) is 19.8. The predicted molar refractivity (Wildman–Crippen MR) is 208 cm³/mol. The number of carbonyl (C=O) groups is 4. The number of rotatable bonds is 9. The van der Waals surface area contributed by atoms with Gasteiger partial charge in [0.05, 0.1) is 22.4 Å². The number of nitrogens with one attached hydrogen (secondary N) is 2. The third kappa shape index (κ3) is 8.52. The van der Waals surface area contributed by atoms with E-state index < -0.39 is 11.9 Å². The Bertz CT molecular complexity index is 2070. The molecule has 3 aromatic rings. The molecule has 298 valence electrons. The quantitative estimate of drug-likeness (QED) is 0.300. The van der Waals surface area contributed by atoms with Crippen molar-refractivity contribution in [3.8, 4) is 11.8 Å². The Morgan fingerprint density at radius 1 is 0.930 bits per heavy atom. The van der Waals surface area contributed by atoms with Gasteiger partial charge in [-0.2, -0.15) is 5.26 Å². The smallest absolute Gasteiger partial charge is 0.272 e. The summed E-state index contributed by atoms with van der Waals surface area (Å²) < 4.78 is 21.5. The zero-order valence-electron chi connectivity index (χ0n) is 31.6. The molecule has 0 spiro atoms. The average molecular weight is 798 g/mol. The minimum atomic E-state index is -0.731. The fourth-order valence-electron chi connectivity index (χ4n) is 8.75. The second-order valence-corrected chi connectivity index (χ2v) is 16.1. The molecular weight excluding hydrogens is 753 g/mol. The lowest BCUT2D eigenvalue weighted by Crippen LogP contribution is -2.52. The maximum Gasteiger partial charge on any atom is 0.272 e. The lowest BCUT2D eigenvalue weighted by atomic mass is 9.93. The second kappa shape index (κ2) is 16.6. The van der Waals surface area contributed by atoms with E-state index in [0.29, 0.717) is 57.9 Å². The van der Waals surface area contributed by atoms with Gasteiger partial charge >= 0.3 is 0 Å². The van der Waals surface area contributed by atoms with Crippen molar-refractivity contribution in [1.82, 2.24) is 30.6 Å².